The van der Waals surface area contributed by atoms with Gasteiger partial charge in [0.25, 0.3) is 0 Å². The normalized spacial score (nSPS) is 25.3. The first-order valence-electron chi connectivity index (χ1n) is 7.66. The summed E-state index contributed by atoms with van der Waals surface area (Å²) in [5.74, 6) is 1.29. The first-order valence-corrected chi connectivity index (χ1v) is 9.14. The minimum Gasteiger partial charge on any atom is -0.370 e. The van der Waals surface area contributed by atoms with Crippen LogP contribution in [0, 0.1) is 11.8 Å². The van der Waals surface area contributed by atoms with E-state index in [4.69, 9.17) is 0 Å². The van der Waals surface area contributed by atoms with Crippen LogP contribution >= 0.6 is 0 Å². The molecule has 2 aliphatic heterocycles. The van der Waals surface area contributed by atoms with Crippen LogP contribution in [0.3, 0.4) is 0 Å². The zero-order chi connectivity index (χ0) is 14.9. The maximum Gasteiger partial charge on any atom is 0.242 e. The molecule has 5 nitrogen and oxygen atoms in total. The summed E-state index contributed by atoms with van der Waals surface area (Å²) in [6.07, 6.45) is 0.793. The quantitative estimate of drug-likeness (QED) is 0.853. The molecule has 2 aliphatic rings. The molecule has 116 valence electrons. The highest BCUT2D eigenvalue weighted by atomic mass is 32.2. The average Bonchev–Trinajstić information content (AvgIpc) is 3.06. The van der Waals surface area contributed by atoms with Gasteiger partial charge in [-0.15, -0.1) is 0 Å². The molecule has 0 aromatic heterocycles. The molecular formula is C15H23N3O2S. The highest BCUT2D eigenvalue weighted by Gasteiger charge is 2.37. The topological polar surface area (TPSA) is 61.4 Å². The van der Waals surface area contributed by atoms with Gasteiger partial charge in [0.1, 0.15) is 4.90 Å². The summed E-state index contributed by atoms with van der Waals surface area (Å²) in [6, 6.07) is 7.34. The molecule has 6 heteroatoms. The van der Waals surface area contributed by atoms with Crippen LogP contribution < -0.4 is 14.9 Å². The Balaban J connectivity index is 1.86. The van der Waals surface area contributed by atoms with Crippen molar-refractivity contribution in [1.82, 2.24) is 10.0 Å². The van der Waals surface area contributed by atoms with Gasteiger partial charge in [-0.2, -0.15) is 0 Å². The van der Waals surface area contributed by atoms with E-state index in [2.05, 4.69) is 14.9 Å². The Morgan fingerprint density at radius 3 is 2.57 bits per heavy atom. The molecule has 2 atom stereocenters. The Hall–Kier alpha value is -1.11. The number of sulfonamides is 1. The molecular weight excluding hydrogens is 286 g/mol. The fourth-order valence-corrected chi connectivity index (χ4v) is 4.67. The van der Waals surface area contributed by atoms with Gasteiger partial charge >= 0.3 is 0 Å². The summed E-state index contributed by atoms with van der Waals surface area (Å²) in [5, 5.41) is 3.41. The monoisotopic (exact) mass is 309 g/mol. The molecule has 0 unspecified atom stereocenters. The summed E-state index contributed by atoms with van der Waals surface area (Å²) < 4.78 is 27.6. The van der Waals surface area contributed by atoms with Gasteiger partial charge < -0.3 is 10.2 Å². The SMILES string of the molecule is CCCNS(=O)(=O)c1ccccc1N1C[C@H]2CNC[C@H]2C1. The van der Waals surface area contributed by atoms with Crippen LogP contribution in [-0.2, 0) is 10.0 Å². The minimum atomic E-state index is -3.42. The zero-order valence-corrected chi connectivity index (χ0v) is 13.2. The summed E-state index contributed by atoms with van der Waals surface area (Å²) in [4.78, 5) is 2.64. The molecule has 0 bridgehead atoms. The van der Waals surface area contributed by atoms with Crippen molar-refractivity contribution < 1.29 is 8.42 Å². The Kier molecular flexibility index (Phi) is 4.19. The summed E-state index contributed by atoms with van der Waals surface area (Å²) in [6.45, 7) is 6.42. The molecule has 21 heavy (non-hydrogen) atoms. The Bertz CT molecular complexity index is 591. The van der Waals surface area contributed by atoms with Crippen LogP contribution in [0.1, 0.15) is 13.3 Å². The fourth-order valence-electron chi connectivity index (χ4n) is 3.31. The van der Waals surface area contributed by atoms with Crippen LogP contribution in [0.25, 0.3) is 0 Å². The van der Waals surface area contributed by atoms with E-state index >= 15 is 0 Å². The van der Waals surface area contributed by atoms with Crippen LogP contribution in [-0.4, -0.2) is 41.1 Å². The maximum absolute atomic E-state index is 12.5. The first kappa shape index (κ1) is 14.8. The molecule has 3 rings (SSSR count). The lowest BCUT2D eigenvalue weighted by molar-refractivity contribution is 0.533. The van der Waals surface area contributed by atoms with Crippen molar-refractivity contribution in [1.29, 1.82) is 0 Å². The second-order valence-electron chi connectivity index (χ2n) is 5.95. The number of para-hydroxylation sites is 1. The molecule has 0 radical (unpaired) electrons. The molecule has 0 amide bonds. The smallest absolute Gasteiger partial charge is 0.242 e. The molecule has 1 aromatic carbocycles. The van der Waals surface area contributed by atoms with Crippen molar-refractivity contribution in [2.45, 2.75) is 18.2 Å². The van der Waals surface area contributed by atoms with Crippen LogP contribution in [0.15, 0.2) is 29.2 Å². The largest absolute Gasteiger partial charge is 0.370 e. The van der Waals surface area contributed by atoms with Crippen molar-refractivity contribution in [3.05, 3.63) is 24.3 Å². The highest BCUT2D eigenvalue weighted by molar-refractivity contribution is 7.89. The lowest BCUT2D eigenvalue weighted by Crippen LogP contribution is -2.30. The second-order valence-corrected chi connectivity index (χ2v) is 7.68. The molecule has 0 aliphatic carbocycles. The first-order chi connectivity index (χ1) is 10.1. The van der Waals surface area contributed by atoms with Gasteiger partial charge in [0.2, 0.25) is 10.0 Å². The minimum absolute atomic E-state index is 0.409. The van der Waals surface area contributed by atoms with Crippen LogP contribution in [0.4, 0.5) is 5.69 Å². The van der Waals surface area contributed by atoms with E-state index in [0.717, 1.165) is 38.3 Å². The van der Waals surface area contributed by atoms with Crippen molar-refractivity contribution in [3.63, 3.8) is 0 Å². The number of rotatable bonds is 5. The number of hydrogen-bond donors (Lipinski definition) is 2. The van der Waals surface area contributed by atoms with Crippen molar-refractivity contribution >= 4 is 15.7 Å². The highest BCUT2D eigenvalue weighted by Crippen LogP contribution is 2.33. The van der Waals surface area contributed by atoms with Crippen LogP contribution in [0.5, 0.6) is 0 Å². The standard InChI is InChI=1S/C15H23N3O2S/c1-2-7-17-21(19,20)15-6-4-3-5-14(15)18-10-12-8-16-9-13(12)11-18/h3-6,12-13,16-17H,2,7-11H2,1H3/t12-,13+. The van der Waals surface area contributed by atoms with E-state index in [0.29, 0.717) is 23.3 Å². The Labute approximate surface area is 126 Å². The Morgan fingerprint density at radius 1 is 1.24 bits per heavy atom. The predicted octanol–water partition coefficient (Wildman–Crippen LogP) is 1.03. The van der Waals surface area contributed by atoms with E-state index < -0.39 is 10.0 Å². The number of nitrogens with zero attached hydrogens (tertiary/aromatic N) is 1. The third-order valence-corrected chi connectivity index (χ3v) is 5.94. The summed E-state index contributed by atoms with van der Waals surface area (Å²) in [5.41, 5.74) is 0.843. The lowest BCUT2D eigenvalue weighted by Gasteiger charge is -2.23. The Morgan fingerprint density at radius 2 is 1.90 bits per heavy atom. The molecule has 2 saturated heterocycles. The number of benzene rings is 1. The summed E-state index contributed by atoms with van der Waals surface area (Å²) >= 11 is 0. The van der Waals surface area contributed by atoms with Gasteiger partial charge in [-0.05, 0) is 30.4 Å². The molecule has 2 N–H and O–H groups in total. The second kappa shape index (κ2) is 5.94. The number of nitrogens with one attached hydrogen (secondary N) is 2. The fraction of sp³-hybridized carbons (Fsp3) is 0.600. The molecule has 1 aromatic rings. The van der Waals surface area contributed by atoms with E-state index in [-0.39, 0.29) is 0 Å². The van der Waals surface area contributed by atoms with Gasteiger partial charge in [0, 0.05) is 32.7 Å². The van der Waals surface area contributed by atoms with Gasteiger partial charge in [-0.25, -0.2) is 13.1 Å². The lowest BCUT2D eigenvalue weighted by atomic mass is 10.0. The number of hydrogen-bond acceptors (Lipinski definition) is 4. The van der Waals surface area contributed by atoms with E-state index in [1.807, 2.05) is 19.1 Å². The van der Waals surface area contributed by atoms with Gasteiger partial charge in [-0.3, -0.25) is 0 Å². The molecule has 2 heterocycles. The molecule has 0 saturated carbocycles. The third kappa shape index (κ3) is 2.93. The van der Waals surface area contributed by atoms with Gasteiger partial charge in [-0.1, -0.05) is 19.1 Å². The van der Waals surface area contributed by atoms with Crippen molar-refractivity contribution in [2.75, 3.05) is 37.6 Å². The van der Waals surface area contributed by atoms with Gasteiger partial charge in [0.05, 0.1) is 5.69 Å². The van der Waals surface area contributed by atoms with E-state index in [9.17, 15) is 8.42 Å². The predicted molar refractivity (Wildman–Crippen MR) is 84.0 cm³/mol. The molecule has 0 spiro atoms. The third-order valence-electron chi connectivity index (χ3n) is 4.43. The maximum atomic E-state index is 12.5. The number of anilines is 1. The summed E-state index contributed by atoms with van der Waals surface area (Å²) in [7, 11) is -3.42. The number of fused-ring (bicyclic) bond motifs is 1. The van der Waals surface area contributed by atoms with Crippen molar-refractivity contribution in [2.24, 2.45) is 11.8 Å². The van der Waals surface area contributed by atoms with E-state index in [1.54, 1.807) is 12.1 Å². The van der Waals surface area contributed by atoms with Gasteiger partial charge in [0.15, 0.2) is 0 Å². The van der Waals surface area contributed by atoms with Crippen LogP contribution in [0.2, 0.25) is 0 Å². The van der Waals surface area contributed by atoms with Crippen molar-refractivity contribution in [3.8, 4) is 0 Å². The average molecular weight is 309 g/mol. The zero-order valence-electron chi connectivity index (χ0n) is 12.4. The van der Waals surface area contributed by atoms with E-state index in [1.165, 1.54) is 0 Å². The molecule has 2 fully saturated rings.